The summed E-state index contributed by atoms with van der Waals surface area (Å²) in [4.78, 5) is 17.5. The molecule has 6 nitrogen and oxygen atoms in total. The summed E-state index contributed by atoms with van der Waals surface area (Å²) < 4.78 is 13.4. The Labute approximate surface area is 200 Å². The second-order valence-corrected chi connectivity index (χ2v) is 8.28. The number of fused-ring (bicyclic) bond motifs is 1. The Hall–Kier alpha value is -3.80. The Morgan fingerprint density at radius 3 is 2.53 bits per heavy atom. The van der Waals surface area contributed by atoms with E-state index in [9.17, 15) is 4.79 Å². The zero-order chi connectivity index (χ0) is 23.9. The minimum Gasteiger partial charge on any atom is -0.496 e. The van der Waals surface area contributed by atoms with Crippen molar-refractivity contribution in [2.75, 3.05) is 13.7 Å². The number of imidazole rings is 1. The molecule has 0 spiro atoms. The maximum atomic E-state index is 12.8. The van der Waals surface area contributed by atoms with Gasteiger partial charge in [0, 0.05) is 0 Å². The number of carbonyl (C=O) groups is 1. The third-order valence-electron chi connectivity index (χ3n) is 6.14. The molecule has 1 atom stereocenters. The number of hydrogen-bond acceptors (Lipinski definition) is 4. The average molecular weight is 458 g/mol. The van der Waals surface area contributed by atoms with E-state index in [0.29, 0.717) is 36.9 Å². The Morgan fingerprint density at radius 1 is 1.03 bits per heavy atom. The number of nitrogens with one attached hydrogen (secondary N) is 1. The lowest BCUT2D eigenvalue weighted by Crippen LogP contribution is -2.25. The van der Waals surface area contributed by atoms with Gasteiger partial charge in [-0.1, -0.05) is 50.2 Å². The van der Waals surface area contributed by atoms with Crippen LogP contribution >= 0.6 is 0 Å². The molecule has 0 bridgehead atoms. The second-order valence-electron chi connectivity index (χ2n) is 8.28. The minimum atomic E-state index is -0.200. The first-order valence-corrected chi connectivity index (χ1v) is 11.7. The molecule has 176 valence electrons. The molecule has 0 radical (unpaired) electrons. The molecule has 1 N–H and O–H groups in total. The van der Waals surface area contributed by atoms with E-state index in [1.807, 2.05) is 48.5 Å². The zero-order valence-electron chi connectivity index (χ0n) is 20.0. The number of para-hydroxylation sites is 3. The fraction of sp³-hybridized carbons (Fsp3) is 0.286. The van der Waals surface area contributed by atoms with Crippen molar-refractivity contribution in [3.8, 4) is 11.5 Å². The summed E-state index contributed by atoms with van der Waals surface area (Å²) in [6.45, 7) is 5.84. The van der Waals surface area contributed by atoms with Crippen molar-refractivity contribution in [2.24, 2.45) is 0 Å². The third-order valence-corrected chi connectivity index (χ3v) is 6.14. The fourth-order valence-corrected chi connectivity index (χ4v) is 3.98. The van der Waals surface area contributed by atoms with Gasteiger partial charge in [-0.2, -0.15) is 0 Å². The monoisotopic (exact) mass is 457 g/mol. The largest absolute Gasteiger partial charge is 0.496 e. The third kappa shape index (κ3) is 5.22. The van der Waals surface area contributed by atoms with E-state index >= 15 is 0 Å². The molecular weight excluding hydrogens is 426 g/mol. The quantitative estimate of drug-likeness (QED) is 0.338. The Bertz CT molecular complexity index is 1250. The van der Waals surface area contributed by atoms with E-state index in [-0.39, 0.29) is 5.91 Å². The van der Waals surface area contributed by atoms with Gasteiger partial charge in [0.2, 0.25) is 0 Å². The van der Waals surface area contributed by atoms with Crippen LogP contribution in [0, 0.1) is 0 Å². The van der Waals surface area contributed by atoms with Crippen LogP contribution in [-0.2, 0) is 13.1 Å². The summed E-state index contributed by atoms with van der Waals surface area (Å²) in [5, 5.41) is 2.98. The van der Waals surface area contributed by atoms with Crippen molar-refractivity contribution in [2.45, 2.75) is 39.3 Å². The van der Waals surface area contributed by atoms with E-state index in [1.165, 1.54) is 5.56 Å². The highest BCUT2D eigenvalue weighted by Gasteiger charge is 2.15. The predicted octanol–water partition coefficient (Wildman–Crippen LogP) is 5.57. The topological polar surface area (TPSA) is 65.4 Å². The highest BCUT2D eigenvalue weighted by molar-refractivity contribution is 5.96. The first-order valence-electron chi connectivity index (χ1n) is 11.7. The molecule has 0 fully saturated rings. The number of benzene rings is 3. The molecular formula is C28H31N3O3. The van der Waals surface area contributed by atoms with Crippen LogP contribution in [0.4, 0.5) is 0 Å². The number of ether oxygens (including phenoxy) is 2. The normalized spacial score (nSPS) is 11.9. The SMILES string of the molecule is CCC(C)c1ccc(OCCn2c(CNC(=O)c3ccccc3OC)nc3ccccc32)cc1. The molecule has 0 saturated heterocycles. The lowest BCUT2D eigenvalue weighted by atomic mass is 9.99. The van der Waals surface area contributed by atoms with Gasteiger partial charge in [0.15, 0.2) is 0 Å². The van der Waals surface area contributed by atoms with E-state index in [2.05, 4.69) is 35.9 Å². The van der Waals surface area contributed by atoms with Crippen molar-refractivity contribution >= 4 is 16.9 Å². The summed E-state index contributed by atoms with van der Waals surface area (Å²) in [5.74, 6) is 2.51. The van der Waals surface area contributed by atoms with Crippen LogP contribution < -0.4 is 14.8 Å². The number of nitrogens with zero attached hydrogens (tertiary/aromatic N) is 2. The standard InChI is InChI=1S/C28H31N3O3/c1-4-20(2)21-13-15-22(16-14-21)34-18-17-31-25-11-7-6-10-24(25)30-27(31)19-29-28(32)23-9-5-8-12-26(23)33-3/h5-16,20H,4,17-19H2,1-3H3,(H,29,32). The van der Waals surface area contributed by atoms with E-state index in [1.54, 1.807) is 19.2 Å². The molecule has 0 aliphatic heterocycles. The molecule has 1 unspecified atom stereocenters. The highest BCUT2D eigenvalue weighted by Crippen LogP contribution is 2.22. The molecule has 4 rings (SSSR count). The molecule has 0 saturated carbocycles. The first-order chi connectivity index (χ1) is 16.6. The predicted molar refractivity (Wildman–Crippen MR) is 135 cm³/mol. The lowest BCUT2D eigenvalue weighted by molar-refractivity contribution is 0.0946. The number of aromatic nitrogens is 2. The van der Waals surface area contributed by atoms with Gasteiger partial charge in [0.1, 0.15) is 23.9 Å². The van der Waals surface area contributed by atoms with E-state index in [4.69, 9.17) is 14.5 Å². The van der Waals surface area contributed by atoms with Crippen molar-refractivity contribution in [3.63, 3.8) is 0 Å². The number of hydrogen-bond donors (Lipinski definition) is 1. The smallest absolute Gasteiger partial charge is 0.255 e. The van der Waals surface area contributed by atoms with Gasteiger partial charge in [-0.15, -0.1) is 0 Å². The zero-order valence-corrected chi connectivity index (χ0v) is 20.0. The molecule has 3 aromatic carbocycles. The maximum Gasteiger partial charge on any atom is 0.255 e. The molecule has 6 heteroatoms. The average Bonchev–Trinajstić information content (AvgIpc) is 3.24. The van der Waals surface area contributed by atoms with E-state index < -0.39 is 0 Å². The Kier molecular flexibility index (Phi) is 7.48. The van der Waals surface area contributed by atoms with Crippen molar-refractivity contribution < 1.29 is 14.3 Å². The molecule has 0 aliphatic carbocycles. The van der Waals surface area contributed by atoms with Crippen molar-refractivity contribution in [1.82, 2.24) is 14.9 Å². The van der Waals surface area contributed by atoms with Crippen LogP contribution in [0.5, 0.6) is 11.5 Å². The number of amides is 1. The van der Waals surface area contributed by atoms with Gasteiger partial charge in [-0.05, 0) is 54.3 Å². The highest BCUT2D eigenvalue weighted by atomic mass is 16.5. The van der Waals surface area contributed by atoms with Gasteiger partial charge in [-0.3, -0.25) is 4.79 Å². The van der Waals surface area contributed by atoms with Gasteiger partial charge >= 0.3 is 0 Å². The van der Waals surface area contributed by atoms with Gasteiger partial charge in [-0.25, -0.2) is 4.98 Å². The number of rotatable bonds is 10. The first kappa shape index (κ1) is 23.4. The number of methoxy groups -OCH3 is 1. The van der Waals surface area contributed by atoms with E-state index in [0.717, 1.165) is 29.0 Å². The van der Waals surface area contributed by atoms with Crippen LogP contribution in [0.1, 0.15) is 47.9 Å². The van der Waals surface area contributed by atoms with Crippen LogP contribution in [0.15, 0.2) is 72.8 Å². The minimum absolute atomic E-state index is 0.200. The van der Waals surface area contributed by atoms with Crippen LogP contribution in [0.2, 0.25) is 0 Å². The van der Waals surface area contributed by atoms with Crippen molar-refractivity contribution in [1.29, 1.82) is 0 Å². The summed E-state index contributed by atoms with van der Waals surface area (Å²) >= 11 is 0. The molecule has 1 amide bonds. The van der Waals surface area contributed by atoms with Gasteiger partial charge < -0.3 is 19.4 Å². The lowest BCUT2D eigenvalue weighted by Gasteiger charge is -2.13. The molecule has 1 heterocycles. The van der Waals surface area contributed by atoms with Crippen LogP contribution in [-0.4, -0.2) is 29.2 Å². The van der Waals surface area contributed by atoms with Gasteiger partial charge in [0.05, 0.1) is 36.8 Å². The maximum absolute atomic E-state index is 12.8. The summed E-state index contributed by atoms with van der Waals surface area (Å²) in [5.41, 5.74) is 3.72. The second kappa shape index (κ2) is 10.9. The summed E-state index contributed by atoms with van der Waals surface area (Å²) in [6.07, 6.45) is 1.12. The summed E-state index contributed by atoms with van der Waals surface area (Å²) in [6, 6.07) is 23.5. The number of carbonyl (C=O) groups excluding carboxylic acids is 1. The summed E-state index contributed by atoms with van der Waals surface area (Å²) in [7, 11) is 1.56. The van der Waals surface area contributed by atoms with Gasteiger partial charge in [0.25, 0.3) is 5.91 Å². The van der Waals surface area contributed by atoms with Crippen LogP contribution in [0.3, 0.4) is 0 Å². The fourth-order valence-electron chi connectivity index (χ4n) is 3.98. The van der Waals surface area contributed by atoms with Crippen molar-refractivity contribution in [3.05, 3.63) is 89.7 Å². The van der Waals surface area contributed by atoms with Crippen LogP contribution in [0.25, 0.3) is 11.0 Å². The molecule has 4 aromatic rings. The Balaban J connectivity index is 1.45. The Morgan fingerprint density at radius 2 is 1.76 bits per heavy atom. The molecule has 34 heavy (non-hydrogen) atoms. The molecule has 0 aliphatic rings. The molecule has 1 aromatic heterocycles.